The fraction of sp³-hybridized carbons (Fsp3) is 0.389. The third-order valence-corrected chi connectivity index (χ3v) is 3.30. The number of benzene rings is 2. The Hall–Kier alpha value is -1.87. The maximum Gasteiger partial charge on any atom is 0.246 e. The highest BCUT2D eigenvalue weighted by atomic mass is 16.5. The average Bonchev–Trinajstić information content (AvgIpc) is 2.43. The summed E-state index contributed by atoms with van der Waals surface area (Å²) in [6.45, 7) is 7.90. The van der Waals surface area contributed by atoms with Crippen molar-refractivity contribution in [2.75, 3.05) is 6.61 Å². The van der Waals surface area contributed by atoms with Gasteiger partial charge in [-0.2, -0.15) is 0 Å². The van der Waals surface area contributed by atoms with E-state index in [2.05, 4.69) is 29.6 Å². The van der Waals surface area contributed by atoms with Crippen LogP contribution in [0.25, 0.3) is 10.8 Å². The summed E-state index contributed by atoms with van der Waals surface area (Å²) < 4.78 is 5.50. The first kappa shape index (κ1) is 15.5. The number of nitrogens with one attached hydrogen (secondary N) is 1. The van der Waals surface area contributed by atoms with Crippen LogP contribution in [-0.2, 0) is 9.53 Å². The van der Waals surface area contributed by atoms with Crippen LogP contribution < -0.4 is 5.32 Å². The van der Waals surface area contributed by atoms with Crippen molar-refractivity contribution < 1.29 is 9.53 Å². The second kappa shape index (κ2) is 6.27. The first-order valence-electron chi connectivity index (χ1n) is 7.28. The summed E-state index contributed by atoms with van der Waals surface area (Å²) in [5.41, 5.74) is 0.817. The van der Waals surface area contributed by atoms with Crippen LogP contribution in [0.2, 0.25) is 0 Å². The molecule has 0 saturated carbocycles. The normalized spacial score (nSPS) is 13.1. The van der Waals surface area contributed by atoms with Gasteiger partial charge in [-0.15, -0.1) is 0 Å². The van der Waals surface area contributed by atoms with Crippen LogP contribution in [0.5, 0.6) is 0 Å². The minimum Gasteiger partial charge on any atom is -0.366 e. The number of carbonyl (C=O) groups excluding carboxylic acids is 1. The molecule has 3 heteroatoms. The summed E-state index contributed by atoms with van der Waals surface area (Å²) in [5, 5.41) is 5.35. The lowest BCUT2D eigenvalue weighted by Crippen LogP contribution is -2.33. The van der Waals surface area contributed by atoms with Crippen molar-refractivity contribution in [3.8, 4) is 0 Å². The zero-order chi connectivity index (χ0) is 15.5. The molecule has 0 radical (unpaired) electrons. The van der Waals surface area contributed by atoms with Crippen LogP contribution in [0.1, 0.15) is 39.3 Å². The maximum absolute atomic E-state index is 12.0. The molecule has 2 aromatic rings. The van der Waals surface area contributed by atoms with Crippen molar-refractivity contribution in [2.24, 2.45) is 0 Å². The fourth-order valence-electron chi connectivity index (χ4n) is 2.27. The molecule has 0 aliphatic carbocycles. The minimum atomic E-state index is -0.306. The molecular weight excluding hydrogens is 262 g/mol. The van der Waals surface area contributed by atoms with Gasteiger partial charge in [-0.3, -0.25) is 4.79 Å². The summed E-state index contributed by atoms with van der Waals surface area (Å²) >= 11 is 0. The van der Waals surface area contributed by atoms with Crippen LogP contribution in [-0.4, -0.2) is 18.1 Å². The largest absolute Gasteiger partial charge is 0.366 e. The van der Waals surface area contributed by atoms with Crippen LogP contribution in [0.15, 0.2) is 42.5 Å². The van der Waals surface area contributed by atoms with Gasteiger partial charge in [-0.1, -0.05) is 42.5 Å². The molecule has 0 aromatic heterocycles. The quantitative estimate of drug-likeness (QED) is 0.927. The number of hydrogen-bond donors (Lipinski definition) is 1. The van der Waals surface area contributed by atoms with Crippen LogP contribution in [0.4, 0.5) is 0 Å². The Balaban J connectivity index is 2.09. The Morgan fingerprint density at radius 2 is 1.81 bits per heavy atom. The van der Waals surface area contributed by atoms with Gasteiger partial charge < -0.3 is 10.1 Å². The number of rotatable bonds is 4. The SMILES string of the molecule is CC(NC(=O)COC(C)(C)C)c1cccc2ccccc12. The van der Waals surface area contributed by atoms with E-state index in [0.29, 0.717) is 0 Å². The van der Waals surface area contributed by atoms with E-state index in [1.807, 2.05) is 45.9 Å². The van der Waals surface area contributed by atoms with Gasteiger partial charge in [0.15, 0.2) is 0 Å². The van der Waals surface area contributed by atoms with Gasteiger partial charge in [0.25, 0.3) is 0 Å². The van der Waals surface area contributed by atoms with E-state index < -0.39 is 0 Å². The van der Waals surface area contributed by atoms with E-state index in [-0.39, 0.29) is 24.2 Å². The second-order valence-corrected chi connectivity index (χ2v) is 6.26. The van der Waals surface area contributed by atoms with Gasteiger partial charge in [0.05, 0.1) is 11.6 Å². The molecule has 21 heavy (non-hydrogen) atoms. The Morgan fingerprint density at radius 3 is 2.52 bits per heavy atom. The zero-order valence-electron chi connectivity index (χ0n) is 13.1. The summed E-state index contributed by atoms with van der Waals surface area (Å²) in [5.74, 6) is -0.0923. The topological polar surface area (TPSA) is 38.3 Å². The molecule has 0 aliphatic rings. The van der Waals surface area contributed by atoms with Gasteiger partial charge in [0.2, 0.25) is 5.91 Å². The van der Waals surface area contributed by atoms with Crippen molar-refractivity contribution in [1.82, 2.24) is 5.32 Å². The predicted molar refractivity (Wildman–Crippen MR) is 86.2 cm³/mol. The molecule has 112 valence electrons. The first-order chi connectivity index (χ1) is 9.87. The van der Waals surface area contributed by atoms with Crippen molar-refractivity contribution in [2.45, 2.75) is 39.3 Å². The molecule has 2 rings (SSSR count). The van der Waals surface area contributed by atoms with Crippen LogP contribution in [0, 0.1) is 0 Å². The lowest BCUT2D eigenvalue weighted by Gasteiger charge is -2.21. The highest BCUT2D eigenvalue weighted by molar-refractivity contribution is 5.87. The number of amides is 1. The molecular formula is C18H23NO2. The van der Waals surface area contributed by atoms with E-state index in [1.165, 1.54) is 10.8 Å². The van der Waals surface area contributed by atoms with E-state index in [9.17, 15) is 4.79 Å². The molecule has 0 fully saturated rings. The number of carbonyl (C=O) groups is 1. The Morgan fingerprint density at radius 1 is 1.14 bits per heavy atom. The fourth-order valence-corrected chi connectivity index (χ4v) is 2.27. The smallest absolute Gasteiger partial charge is 0.246 e. The minimum absolute atomic E-state index is 0.0489. The van der Waals surface area contributed by atoms with E-state index in [0.717, 1.165) is 5.56 Å². The molecule has 3 nitrogen and oxygen atoms in total. The summed E-state index contributed by atoms with van der Waals surface area (Å²) in [4.78, 5) is 12.0. The highest BCUT2D eigenvalue weighted by Crippen LogP contribution is 2.23. The van der Waals surface area contributed by atoms with Crippen molar-refractivity contribution in [1.29, 1.82) is 0 Å². The lowest BCUT2D eigenvalue weighted by molar-refractivity contribution is -0.131. The van der Waals surface area contributed by atoms with Crippen molar-refractivity contribution in [3.05, 3.63) is 48.0 Å². The van der Waals surface area contributed by atoms with E-state index >= 15 is 0 Å². The first-order valence-corrected chi connectivity index (χ1v) is 7.28. The summed E-state index contributed by atoms with van der Waals surface area (Å²) in [6.07, 6.45) is 0. The predicted octanol–water partition coefficient (Wildman–Crippen LogP) is 3.83. The molecule has 0 heterocycles. The van der Waals surface area contributed by atoms with Gasteiger partial charge in [0, 0.05) is 0 Å². The molecule has 0 saturated heterocycles. The molecule has 0 aliphatic heterocycles. The van der Waals surface area contributed by atoms with Gasteiger partial charge in [-0.05, 0) is 44.0 Å². The number of fused-ring (bicyclic) bond motifs is 1. The lowest BCUT2D eigenvalue weighted by atomic mass is 10.00. The highest BCUT2D eigenvalue weighted by Gasteiger charge is 2.15. The van der Waals surface area contributed by atoms with Crippen LogP contribution >= 0.6 is 0 Å². The number of hydrogen-bond acceptors (Lipinski definition) is 2. The van der Waals surface area contributed by atoms with E-state index in [4.69, 9.17) is 4.74 Å². The van der Waals surface area contributed by atoms with E-state index in [1.54, 1.807) is 0 Å². The molecule has 2 aromatic carbocycles. The Kier molecular flexibility index (Phi) is 4.63. The second-order valence-electron chi connectivity index (χ2n) is 6.26. The van der Waals surface area contributed by atoms with Crippen LogP contribution in [0.3, 0.4) is 0 Å². The molecule has 0 bridgehead atoms. The molecule has 1 unspecified atom stereocenters. The molecule has 0 spiro atoms. The Bertz CT molecular complexity index is 623. The Labute approximate surface area is 126 Å². The third-order valence-electron chi connectivity index (χ3n) is 3.30. The monoisotopic (exact) mass is 285 g/mol. The molecule has 1 N–H and O–H groups in total. The standard InChI is InChI=1S/C18H23NO2/c1-13(19-17(20)12-21-18(2,3)4)15-11-7-9-14-8-5-6-10-16(14)15/h5-11,13H,12H2,1-4H3,(H,19,20). The molecule has 1 amide bonds. The van der Waals surface area contributed by atoms with Crippen molar-refractivity contribution >= 4 is 16.7 Å². The zero-order valence-corrected chi connectivity index (χ0v) is 13.1. The third kappa shape index (κ3) is 4.30. The summed E-state index contributed by atoms with van der Waals surface area (Å²) in [7, 11) is 0. The van der Waals surface area contributed by atoms with Gasteiger partial charge >= 0.3 is 0 Å². The maximum atomic E-state index is 12.0. The average molecular weight is 285 g/mol. The summed E-state index contributed by atoms with van der Waals surface area (Å²) in [6, 6.07) is 14.3. The number of ether oxygens (including phenoxy) is 1. The van der Waals surface area contributed by atoms with Gasteiger partial charge in [-0.25, -0.2) is 0 Å². The van der Waals surface area contributed by atoms with Gasteiger partial charge in [0.1, 0.15) is 6.61 Å². The molecule has 1 atom stereocenters. The van der Waals surface area contributed by atoms with Crippen molar-refractivity contribution in [3.63, 3.8) is 0 Å².